The first kappa shape index (κ1) is 18.8. The molecule has 7 nitrogen and oxygen atoms in total. The molecule has 0 radical (unpaired) electrons. The lowest BCUT2D eigenvalue weighted by molar-refractivity contribution is -0.384. The Bertz CT molecular complexity index is 1200. The Morgan fingerprint density at radius 1 is 1.07 bits per heavy atom. The normalized spacial score (nSPS) is 10.6. The molecule has 2 aromatic carbocycles. The van der Waals surface area contributed by atoms with Gasteiger partial charge in [0.25, 0.3) is 5.69 Å². The molecule has 2 aromatic heterocycles. The first-order valence-electron chi connectivity index (χ1n) is 8.31. The van der Waals surface area contributed by atoms with Crippen LogP contribution in [0.3, 0.4) is 0 Å². The van der Waals surface area contributed by atoms with Crippen molar-refractivity contribution in [2.24, 2.45) is 0 Å². The van der Waals surface area contributed by atoms with Crippen molar-refractivity contribution < 1.29 is 19.6 Å². The summed E-state index contributed by atoms with van der Waals surface area (Å²) in [6.45, 7) is 0. The molecular weight excluding hydrogens is 412 g/mol. The van der Waals surface area contributed by atoms with Gasteiger partial charge in [-0.2, -0.15) is 0 Å². The fourth-order valence-electron chi connectivity index (χ4n) is 2.86. The average Bonchev–Trinajstić information content (AvgIpc) is 3.39. The van der Waals surface area contributed by atoms with Crippen LogP contribution in [0.4, 0.5) is 10.5 Å². The molecule has 29 heavy (non-hydrogen) atoms. The minimum absolute atomic E-state index is 0.0113. The second-order valence-electron chi connectivity index (χ2n) is 5.87. The Balaban J connectivity index is 1.80. The van der Waals surface area contributed by atoms with Gasteiger partial charge in [0.2, 0.25) is 0 Å². The number of carbonyl (C=O) groups is 1. The largest absolute Gasteiger partial charge is 0.511 e. The van der Waals surface area contributed by atoms with Crippen molar-refractivity contribution in [3.8, 4) is 38.0 Å². The molecule has 0 aliphatic heterocycles. The van der Waals surface area contributed by atoms with Gasteiger partial charge in [-0.05, 0) is 29.6 Å². The summed E-state index contributed by atoms with van der Waals surface area (Å²) < 4.78 is 4.95. The topological polar surface area (TPSA) is 103 Å². The van der Waals surface area contributed by atoms with Crippen molar-refractivity contribution in [2.45, 2.75) is 0 Å². The number of nitro groups is 1. The standard InChI is InChI=1S/C20H12N2O5S2/c23-20(24)27-17-10-12(19-21-15(11-29-19)18-6-3-9-28-18)7-8-14(17)13-4-1-2-5-16(13)22(25)26/h1-11H,(H,23,24). The number of hydrogen-bond donors (Lipinski definition) is 1. The van der Waals surface area contributed by atoms with Crippen LogP contribution in [0, 0.1) is 10.1 Å². The summed E-state index contributed by atoms with van der Waals surface area (Å²) in [4.78, 5) is 27.7. The minimum Gasteiger partial charge on any atom is -0.449 e. The van der Waals surface area contributed by atoms with Crippen molar-refractivity contribution in [3.05, 3.63) is 75.5 Å². The zero-order valence-corrected chi connectivity index (χ0v) is 16.3. The van der Waals surface area contributed by atoms with Gasteiger partial charge in [-0.25, -0.2) is 9.78 Å². The lowest BCUT2D eigenvalue weighted by Crippen LogP contribution is -2.05. The van der Waals surface area contributed by atoms with Crippen molar-refractivity contribution in [1.82, 2.24) is 4.98 Å². The molecule has 144 valence electrons. The SMILES string of the molecule is O=C(O)Oc1cc(-c2nc(-c3cccs3)cs2)ccc1-c1ccccc1[N+](=O)[O-]. The summed E-state index contributed by atoms with van der Waals surface area (Å²) in [7, 11) is 0. The number of benzene rings is 2. The smallest absolute Gasteiger partial charge is 0.449 e. The number of carboxylic acid groups (broad SMARTS) is 1. The van der Waals surface area contributed by atoms with E-state index in [2.05, 4.69) is 4.98 Å². The van der Waals surface area contributed by atoms with Crippen molar-refractivity contribution in [1.29, 1.82) is 0 Å². The van der Waals surface area contributed by atoms with Crippen LogP contribution in [-0.4, -0.2) is 21.2 Å². The Labute approximate surface area is 172 Å². The highest BCUT2D eigenvalue weighted by Crippen LogP contribution is 2.40. The Morgan fingerprint density at radius 3 is 2.62 bits per heavy atom. The van der Waals surface area contributed by atoms with E-state index in [1.165, 1.54) is 23.5 Å². The van der Waals surface area contributed by atoms with E-state index >= 15 is 0 Å². The lowest BCUT2D eigenvalue weighted by Gasteiger charge is -2.10. The van der Waals surface area contributed by atoms with Gasteiger partial charge in [0.15, 0.2) is 0 Å². The van der Waals surface area contributed by atoms with E-state index in [0.29, 0.717) is 16.1 Å². The molecule has 0 atom stereocenters. The van der Waals surface area contributed by atoms with Crippen LogP contribution in [0.2, 0.25) is 0 Å². The van der Waals surface area contributed by atoms with Gasteiger partial charge in [-0.15, -0.1) is 22.7 Å². The fourth-order valence-corrected chi connectivity index (χ4v) is 4.44. The Kier molecular flexibility index (Phi) is 5.07. The van der Waals surface area contributed by atoms with Gasteiger partial charge in [-0.1, -0.05) is 24.3 Å². The number of thiophene rings is 1. The van der Waals surface area contributed by atoms with Crippen molar-refractivity contribution >= 4 is 34.5 Å². The van der Waals surface area contributed by atoms with E-state index in [-0.39, 0.29) is 17.0 Å². The maximum atomic E-state index is 11.4. The molecule has 0 saturated heterocycles. The number of nitro benzene ring substituents is 1. The van der Waals surface area contributed by atoms with Crippen LogP contribution in [0.1, 0.15) is 0 Å². The van der Waals surface area contributed by atoms with Gasteiger partial charge in [0.1, 0.15) is 10.8 Å². The molecule has 0 spiro atoms. The van der Waals surface area contributed by atoms with E-state index in [9.17, 15) is 14.9 Å². The summed E-state index contributed by atoms with van der Waals surface area (Å²) in [6, 6.07) is 14.9. The van der Waals surface area contributed by atoms with Crippen molar-refractivity contribution in [2.75, 3.05) is 0 Å². The number of thiazole rings is 1. The number of para-hydroxylation sites is 1. The molecule has 1 N–H and O–H groups in total. The Morgan fingerprint density at radius 2 is 1.90 bits per heavy atom. The molecule has 9 heteroatoms. The third kappa shape index (κ3) is 3.86. The van der Waals surface area contributed by atoms with Gasteiger partial charge < -0.3 is 9.84 Å². The maximum absolute atomic E-state index is 11.4. The third-order valence-electron chi connectivity index (χ3n) is 4.09. The van der Waals surface area contributed by atoms with Gasteiger partial charge >= 0.3 is 6.16 Å². The quantitative estimate of drug-likeness (QED) is 0.178. The molecular formula is C20H12N2O5S2. The predicted octanol–water partition coefficient (Wildman–Crippen LogP) is 6.17. The first-order chi connectivity index (χ1) is 14.0. The molecule has 0 unspecified atom stereocenters. The molecule has 2 heterocycles. The molecule has 0 fully saturated rings. The molecule has 0 aliphatic carbocycles. The second-order valence-corrected chi connectivity index (χ2v) is 7.67. The summed E-state index contributed by atoms with van der Waals surface area (Å²) >= 11 is 3.00. The number of rotatable bonds is 5. The van der Waals surface area contributed by atoms with Crippen LogP contribution in [0.15, 0.2) is 65.4 Å². The first-order valence-corrected chi connectivity index (χ1v) is 10.1. The summed E-state index contributed by atoms with van der Waals surface area (Å²) in [5.74, 6) is 0.0113. The average molecular weight is 424 g/mol. The molecule has 0 amide bonds. The highest BCUT2D eigenvalue weighted by Gasteiger charge is 2.20. The predicted molar refractivity (Wildman–Crippen MR) is 112 cm³/mol. The highest BCUT2D eigenvalue weighted by atomic mass is 32.1. The number of ether oxygens (including phenoxy) is 1. The molecule has 4 aromatic rings. The monoisotopic (exact) mass is 424 g/mol. The molecule has 0 aliphatic rings. The van der Waals surface area contributed by atoms with Crippen molar-refractivity contribution in [3.63, 3.8) is 0 Å². The van der Waals surface area contributed by atoms with Crippen LogP contribution in [-0.2, 0) is 0 Å². The summed E-state index contributed by atoms with van der Waals surface area (Å²) in [5, 5.41) is 25.1. The van der Waals surface area contributed by atoms with E-state index in [1.54, 1.807) is 41.7 Å². The van der Waals surface area contributed by atoms with E-state index in [4.69, 9.17) is 9.84 Å². The Hall–Kier alpha value is -3.56. The van der Waals surface area contributed by atoms with Crippen LogP contribution in [0.25, 0.3) is 32.3 Å². The van der Waals surface area contributed by atoms with E-state index in [1.807, 2.05) is 22.9 Å². The van der Waals surface area contributed by atoms with Crippen LogP contribution < -0.4 is 4.74 Å². The third-order valence-corrected chi connectivity index (χ3v) is 5.88. The van der Waals surface area contributed by atoms with Crippen LogP contribution >= 0.6 is 22.7 Å². The van der Waals surface area contributed by atoms with Gasteiger partial charge in [-0.3, -0.25) is 10.1 Å². The fraction of sp³-hybridized carbons (Fsp3) is 0. The molecule has 4 rings (SSSR count). The van der Waals surface area contributed by atoms with E-state index < -0.39 is 11.1 Å². The number of nitrogens with zero attached hydrogens (tertiary/aromatic N) is 2. The number of aromatic nitrogens is 1. The molecule has 0 bridgehead atoms. The summed E-state index contributed by atoms with van der Waals surface area (Å²) in [6.07, 6.45) is -1.50. The summed E-state index contributed by atoms with van der Waals surface area (Å²) in [5.41, 5.74) is 1.96. The zero-order chi connectivity index (χ0) is 20.4. The number of hydrogen-bond acceptors (Lipinski definition) is 7. The van der Waals surface area contributed by atoms with Gasteiger partial charge in [0, 0.05) is 22.6 Å². The second kappa shape index (κ2) is 7.82. The van der Waals surface area contributed by atoms with Crippen LogP contribution in [0.5, 0.6) is 5.75 Å². The van der Waals surface area contributed by atoms with E-state index in [0.717, 1.165) is 10.6 Å². The highest BCUT2D eigenvalue weighted by molar-refractivity contribution is 7.15. The minimum atomic E-state index is -1.50. The van der Waals surface area contributed by atoms with Gasteiger partial charge in [0.05, 0.1) is 21.1 Å². The molecule has 0 saturated carbocycles. The lowest BCUT2D eigenvalue weighted by atomic mass is 10.0. The maximum Gasteiger partial charge on any atom is 0.511 e. The zero-order valence-electron chi connectivity index (χ0n) is 14.6.